The normalized spacial score (nSPS) is 19.6. The van der Waals surface area contributed by atoms with Crippen LogP contribution in [0, 0.1) is 5.92 Å². The van der Waals surface area contributed by atoms with Crippen LogP contribution < -0.4 is 10.7 Å². The van der Waals surface area contributed by atoms with Crippen molar-refractivity contribution in [1.82, 2.24) is 10.7 Å². The number of hydrogen-bond acceptors (Lipinski definition) is 3. The number of nitrogens with one attached hydrogen (secondary N) is 2. The topological polar surface area (TPSA) is 70.6 Å². The molecule has 1 aromatic carbocycles. The Bertz CT molecular complexity index is 633. The molecule has 1 fully saturated rings. The van der Waals surface area contributed by atoms with E-state index in [0.29, 0.717) is 0 Å². The fourth-order valence-corrected chi connectivity index (χ4v) is 3.56. The molecule has 0 spiro atoms. The van der Waals surface area contributed by atoms with Crippen molar-refractivity contribution in [2.45, 2.75) is 51.4 Å². The standard InChI is InChI=1S/C19H25N3O2/c23-18(13-20-19(24)15-8-2-1-3-9-15)22-21-17-12-6-10-14-7-4-5-11-16(14)17/h4-5,7,11,15H,1-3,6,8-10,12-13H2,(H,20,24)(H,22,23). The van der Waals surface area contributed by atoms with Crippen molar-refractivity contribution in [2.75, 3.05) is 6.54 Å². The van der Waals surface area contributed by atoms with Crippen molar-refractivity contribution in [2.24, 2.45) is 11.0 Å². The van der Waals surface area contributed by atoms with Crippen LogP contribution in [-0.2, 0) is 16.0 Å². The third-order valence-electron chi connectivity index (χ3n) is 4.90. The number of hydrogen-bond donors (Lipinski definition) is 2. The smallest absolute Gasteiger partial charge is 0.259 e. The molecule has 24 heavy (non-hydrogen) atoms. The lowest BCUT2D eigenvalue weighted by Gasteiger charge is -2.20. The molecular weight excluding hydrogens is 302 g/mol. The van der Waals surface area contributed by atoms with Crippen LogP contribution in [0.2, 0.25) is 0 Å². The third-order valence-corrected chi connectivity index (χ3v) is 4.90. The molecule has 0 saturated heterocycles. The molecule has 2 aliphatic rings. The van der Waals surface area contributed by atoms with E-state index in [-0.39, 0.29) is 24.3 Å². The number of fused-ring (bicyclic) bond motifs is 1. The molecule has 5 nitrogen and oxygen atoms in total. The summed E-state index contributed by atoms with van der Waals surface area (Å²) in [5.74, 6) is -0.196. The highest BCUT2D eigenvalue weighted by molar-refractivity contribution is 6.03. The third kappa shape index (κ3) is 4.22. The largest absolute Gasteiger partial charge is 0.347 e. The second-order valence-electron chi connectivity index (χ2n) is 6.66. The van der Waals surface area contributed by atoms with Gasteiger partial charge in [-0.3, -0.25) is 9.59 Å². The van der Waals surface area contributed by atoms with E-state index in [1.165, 1.54) is 12.0 Å². The zero-order valence-corrected chi connectivity index (χ0v) is 14.0. The molecule has 128 valence electrons. The van der Waals surface area contributed by atoms with Crippen molar-refractivity contribution in [3.05, 3.63) is 35.4 Å². The highest BCUT2D eigenvalue weighted by atomic mass is 16.2. The number of hydrazone groups is 1. The van der Waals surface area contributed by atoms with E-state index in [9.17, 15) is 9.59 Å². The first-order chi connectivity index (χ1) is 11.7. The summed E-state index contributed by atoms with van der Waals surface area (Å²) < 4.78 is 0. The second kappa shape index (κ2) is 8.08. The van der Waals surface area contributed by atoms with Crippen LogP contribution in [0.5, 0.6) is 0 Å². The summed E-state index contributed by atoms with van der Waals surface area (Å²) in [4.78, 5) is 24.0. The Balaban J connectivity index is 1.50. The van der Waals surface area contributed by atoms with Crippen LogP contribution in [0.3, 0.4) is 0 Å². The Morgan fingerprint density at radius 2 is 1.83 bits per heavy atom. The Morgan fingerprint density at radius 3 is 2.67 bits per heavy atom. The summed E-state index contributed by atoms with van der Waals surface area (Å²) in [6.45, 7) is -0.00619. The van der Waals surface area contributed by atoms with E-state index < -0.39 is 0 Å². The second-order valence-corrected chi connectivity index (χ2v) is 6.66. The minimum absolute atomic E-state index is 0.000477. The van der Waals surface area contributed by atoms with Gasteiger partial charge >= 0.3 is 0 Å². The number of nitrogens with zero attached hydrogens (tertiary/aromatic N) is 1. The van der Waals surface area contributed by atoms with Crippen molar-refractivity contribution >= 4 is 17.5 Å². The molecule has 1 aromatic rings. The number of aryl methyl sites for hydroxylation is 1. The Hall–Kier alpha value is -2.17. The molecule has 0 atom stereocenters. The summed E-state index contributed by atoms with van der Waals surface area (Å²) >= 11 is 0. The molecule has 0 heterocycles. The average Bonchev–Trinajstić information content (AvgIpc) is 2.65. The first kappa shape index (κ1) is 16.7. The molecule has 0 unspecified atom stereocenters. The van der Waals surface area contributed by atoms with E-state index in [4.69, 9.17) is 0 Å². The highest BCUT2D eigenvalue weighted by Crippen LogP contribution is 2.23. The van der Waals surface area contributed by atoms with Crippen molar-refractivity contribution in [3.8, 4) is 0 Å². The quantitative estimate of drug-likeness (QED) is 0.834. The van der Waals surface area contributed by atoms with Gasteiger partial charge in [0.15, 0.2) is 0 Å². The van der Waals surface area contributed by atoms with Crippen LogP contribution in [0.1, 0.15) is 56.1 Å². The number of rotatable bonds is 4. The van der Waals surface area contributed by atoms with Crippen molar-refractivity contribution in [1.29, 1.82) is 0 Å². The van der Waals surface area contributed by atoms with Crippen molar-refractivity contribution in [3.63, 3.8) is 0 Å². The number of carbonyl (C=O) groups is 2. The Kier molecular flexibility index (Phi) is 5.62. The van der Waals surface area contributed by atoms with Crippen LogP contribution >= 0.6 is 0 Å². The fourth-order valence-electron chi connectivity index (χ4n) is 3.56. The minimum atomic E-state index is -0.269. The van der Waals surface area contributed by atoms with Gasteiger partial charge in [-0.05, 0) is 37.7 Å². The Morgan fingerprint density at radius 1 is 1.04 bits per heavy atom. The lowest BCUT2D eigenvalue weighted by molar-refractivity contribution is -0.129. The molecule has 2 N–H and O–H groups in total. The summed E-state index contributed by atoms with van der Waals surface area (Å²) in [5.41, 5.74) is 5.91. The lowest BCUT2D eigenvalue weighted by Crippen LogP contribution is -2.39. The van der Waals surface area contributed by atoms with E-state index in [2.05, 4.69) is 21.9 Å². The first-order valence-electron chi connectivity index (χ1n) is 8.95. The molecule has 3 rings (SSSR count). The van der Waals surface area contributed by atoms with Gasteiger partial charge in [-0.25, -0.2) is 5.43 Å². The van der Waals surface area contributed by atoms with Gasteiger partial charge in [0.25, 0.3) is 5.91 Å². The van der Waals surface area contributed by atoms with Gasteiger partial charge in [-0.15, -0.1) is 0 Å². The summed E-state index contributed by atoms with van der Waals surface area (Å²) in [6.07, 6.45) is 8.27. The average molecular weight is 327 g/mol. The first-order valence-corrected chi connectivity index (χ1v) is 8.95. The minimum Gasteiger partial charge on any atom is -0.347 e. The van der Waals surface area contributed by atoms with Gasteiger partial charge in [0.1, 0.15) is 0 Å². The molecule has 1 saturated carbocycles. The van der Waals surface area contributed by atoms with Crippen LogP contribution in [0.15, 0.2) is 29.4 Å². The molecule has 0 aromatic heterocycles. The zero-order chi connectivity index (χ0) is 16.8. The van der Waals surface area contributed by atoms with E-state index in [0.717, 1.165) is 56.2 Å². The molecule has 2 aliphatic carbocycles. The lowest BCUT2D eigenvalue weighted by atomic mass is 9.89. The number of amides is 2. The van der Waals surface area contributed by atoms with E-state index >= 15 is 0 Å². The van der Waals surface area contributed by atoms with Gasteiger partial charge in [0.05, 0.1) is 12.3 Å². The predicted molar refractivity (Wildman–Crippen MR) is 93.6 cm³/mol. The monoisotopic (exact) mass is 327 g/mol. The van der Waals surface area contributed by atoms with Crippen molar-refractivity contribution < 1.29 is 9.59 Å². The van der Waals surface area contributed by atoms with E-state index in [1.807, 2.05) is 18.2 Å². The van der Waals surface area contributed by atoms with Gasteiger partial charge in [0, 0.05) is 11.5 Å². The van der Waals surface area contributed by atoms with Gasteiger partial charge in [0.2, 0.25) is 5.91 Å². The molecular formula is C19H25N3O2. The van der Waals surface area contributed by atoms with Crippen LogP contribution in [-0.4, -0.2) is 24.1 Å². The molecule has 5 heteroatoms. The fraction of sp³-hybridized carbons (Fsp3) is 0.526. The summed E-state index contributed by atoms with van der Waals surface area (Å²) in [6, 6.07) is 8.17. The van der Waals surface area contributed by atoms with Gasteiger partial charge < -0.3 is 5.32 Å². The van der Waals surface area contributed by atoms with E-state index in [1.54, 1.807) is 0 Å². The maximum atomic E-state index is 12.0. The summed E-state index contributed by atoms with van der Waals surface area (Å²) in [5, 5.41) is 7.02. The summed E-state index contributed by atoms with van der Waals surface area (Å²) in [7, 11) is 0. The van der Waals surface area contributed by atoms with Gasteiger partial charge in [-0.2, -0.15) is 5.10 Å². The molecule has 0 aliphatic heterocycles. The highest BCUT2D eigenvalue weighted by Gasteiger charge is 2.21. The van der Waals surface area contributed by atoms with Gasteiger partial charge in [-0.1, -0.05) is 43.5 Å². The van der Waals surface area contributed by atoms with Crippen LogP contribution in [0.25, 0.3) is 0 Å². The molecule has 0 radical (unpaired) electrons. The maximum Gasteiger partial charge on any atom is 0.259 e. The molecule has 0 bridgehead atoms. The molecule has 2 amide bonds. The Labute approximate surface area is 142 Å². The predicted octanol–water partition coefficient (Wildman–Crippen LogP) is 2.54. The maximum absolute atomic E-state index is 12.0. The number of carbonyl (C=O) groups excluding carboxylic acids is 2. The number of benzene rings is 1. The van der Waals surface area contributed by atoms with Crippen LogP contribution in [0.4, 0.5) is 0 Å². The zero-order valence-electron chi connectivity index (χ0n) is 14.0. The SMILES string of the molecule is O=C(CNC(=O)C1CCCCC1)NN=C1CCCc2ccccc21.